The number of hydrogen-bond donors (Lipinski definition) is 1. The van der Waals surface area contributed by atoms with Crippen LogP contribution < -0.4 is 14.4 Å². The SMILES string of the molecule is CCn1c(SCC(O)COc2ccc(C(C)=O)cc2OC)nnc1N1CCOCC1. The Kier molecular flexibility index (Phi) is 7.94. The largest absolute Gasteiger partial charge is 0.493 e. The Labute approximate surface area is 180 Å². The van der Waals surface area contributed by atoms with Gasteiger partial charge < -0.3 is 24.2 Å². The Bertz CT molecular complexity index is 854. The van der Waals surface area contributed by atoms with Crippen molar-refractivity contribution >= 4 is 23.5 Å². The number of carbonyl (C=O) groups excluding carboxylic acids is 1. The predicted octanol–water partition coefficient (Wildman–Crippen LogP) is 1.88. The molecular formula is C20H28N4O5S. The van der Waals surface area contributed by atoms with E-state index < -0.39 is 6.10 Å². The van der Waals surface area contributed by atoms with Gasteiger partial charge in [-0.1, -0.05) is 11.8 Å². The lowest BCUT2D eigenvalue weighted by Crippen LogP contribution is -2.38. The van der Waals surface area contributed by atoms with Crippen LogP contribution in [0.4, 0.5) is 5.95 Å². The Morgan fingerprint density at radius 3 is 2.73 bits per heavy atom. The number of aliphatic hydroxyl groups excluding tert-OH is 1. The van der Waals surface area contributed by atoms with Gasteiger partial charge >= 0.3 is 0 Å². The topological polar surface area (TPSA) is 98.9 Å². The van der Waals surface area contributed by atoms with E-state index in [0.29, 0.717) is 36.0 Å². The number of aromatic nitrogens is 3. The molecule has 0 aliphatic carbocycles. The van der Waals surface area contributed by atoms with Gasteiger partial charge in [0.1, 0.15) is 6.61 Å². The van der Waals surface area contributed by atoms with Gasteiger partial charge in [-0.05, 0) is 32.0 Å². The highest BCUT2D eigenvalue weighted by molar-refractivity contribution is 7.99. The minimum Gasteiger partial charge on any atom is -0.493 e. The fourth-order valence-electron chi connectivity index (χ4n) is 3.07. The number of ketones is 1. The summed E-state index contributed by atoms with van der Waals surface area (Å²) in [6, 6.07) is 4.99. The molecule has 1 aliphatic heterocycles. The molecule has 9 nitrogen and oxygen atoms in total. The lowest BCUT2D eigenvalue weighted by Gasteiger charge is -2.27. The number of hydrogen-bond acceptors (Lipinski definition) is 9. The summed E-state index contributed by atoms with van der Waals surface area (Å²) in [7, 11) is 1.52. The van der Waals surface area contributed by atoms with E-state index in [1.807, 2.05) is 11.5 Å². The molecule has 3 rings (SSSR count). The van der Waals surface area contributed by atoms with Crippen molar-refractivity contribution in [3.05, 3.63) is 23.8 Å². The summed E-state index contributed by atoms with van der Waals surface area (Å²) in [6.45, 7) is 7.35. The van der Waals surface area contributed by atoms with Gasteiger partial charge in [0.05, 0.1) is 26.4 Å². The number of aliphatic hydroxyl groups is 1. The number of carbonyl (C=O) groups is 1. The maximum Gasteiger partial charge on any atom is 0.228 e. The molecule has 164 valence electrons. The first-order chi connectivity index (χ1) is 14.5. The second kappa shape index (κ2) is 10.6. The smallest absolute Gasteiger partial charge is 0.228 e. The van der Waals surface area contributed by atoms with Gasteiger partial charge in [-0.2, -0.15) is 0 Å². The number of benzene rings is 1. The van der Waals surface area contributed by atoms with Crippen molar-refractivity contribution in [3.63, 3.8) is 0 Å². The van der Waals surface area contributed by atoms with Crippen LogP contribution in [0.3, 0.4) is 0 Å². The van der Waals surface area contributed by atoms with Crippen LogP contribution in [-0.4, -0.2) is 77.5 Å². The summed E-state index contributed by atoms with van der Waals surface area (Å²) < 4.78 is 18.4. The lowest BCUT2D eigenvalue weighted by atomic mass is 10.1. The molecule has 1 unspecified atom stereocenters. The van der Waals surface area contributed by atoms with E-state index in [1.165, 1.54) is 25.8 Å². The highest BCUT2D eigenvalue weighted by Crippen LogP contribution is 2.29. The summed E-state index contributed by atoms with van der Waals surface area (Å²) in [5.74, 6) is 2.15. The first kappa shape index (κ1) is 22.4. The third kappa shape index (κ3) is 5.44. The standard InChI is InChI=1S/C20H28N4O5S/c1-4-24-19(23-7-9-28-10-8-23)21-22-20(24)30-13-16(26)12-29-17-6-5-15(14(2)25)11-18(17)27-3/h5-6,11,16,26H,4,7-10,12-13H2,1-3H3. The molecule has 1 N–H and O–H groups in total. The van der Waals surface area contributed by atoms with Crippen molar-refractivity contribution in [1.82, 2.24) is 14.8 Å². The summed E-state index contributed by atoms with van der Waals surface area (Å²) in [5.41, 5.74) is 0.547. The van der Waals surface area contributed by atoms with Crippen LogP contribution in [0.2, 0.25) is 0 Å². The van der Waals surface area contributed by atoms with E-state index in [9.17, 15) is 9.90 Å². The maximum atomic E-state index is 11.5. The van der Waals surface area contributed by atoms with Crippen molar-refractivity contribution in [2.24, 2.45) is 0 Å². The molecule has 1 aromatic heterocycles. The van der Waals surface area contributed by atoms with Crippen LogP contribution in [0, 0.1) is 0 Å². The van der Waals surface area contributed by atoms with Crippen molar-refractivity contribution in [2.75, 3.05) is 50.7 Å². The Morgan fingerprint density at radius 2 is 2.07 bits per heavy atom. The van der Waals surface area contributed by atoms with Crippen LogP contribution in [0.5, 0.6) is 11.5 Å². The number of methoxy groups -OCH3 is 1. The number of rotatable bonds is 10. The summed E-state index contributed by atoms with van der Waals surface area (Å²) in [5, 5.41) is 19.8. The maximum absolute atomic E-state index is 11.5. The summed E-state index contributed by atoms with van der Waals surface area (Å²) in [4.78, 5) is 13.7. The minimum atomic E-state index is -0.707. The molecule has 1 aromatic carbocycles. The fourth-order valence-corrected chi connectivity index (χ4v) is 3.98. The van der Waals surface area contributed by atoms with Crippen molar-refractivity contribution in [2.45, 2.75) is 31.7 Å². The summed E-state index contributed by atoms with van der Waals surface area (Å²) in [6.07, 6.45) is -0.707. The van der Waals surface area contributed by atoms with Gasteiger partial charge in [0, 0.05) is 31.0 Å². The minimum absolute atomic E-state index is 0.0484. The van der Waals surface area contributed by atoms with Gasteiger partial charge in [-0.3, -0.25) is 9.36 Å². The molecule has 1 atom stereocenters. The lowest BCUT2D eigenvalue weighted by molar-refractivity contribution is 0.101. The van der Waals surface area contributed by atoms with Crippen molar-refractivity contribution < 1.29 is 24.1 Å². The molecular weight excluding hydrogens is 408 g/mol. The molecule has 10 heteroatoms. The monoisotopic (exact) mass is 436 g/mol. The highest BCUT2D eigenvalue weighted by Gasteiger charge is 2.20. The van der Waals surface area contributed by atoms with Gasteiger partial charge in [-0.25, -0.2) is 0 Å². The van der Waals surface area contributed by atoms with E-state index in [0.717, 1.165) is 30.7 Å². The van der Waals surface area contributed by atoms with Gasteiger partial charge in [-0.15, -0.1) is 10.2 Å². The van der Waals surface area contributed by atoms with E-state index in [2.05, 4.69) is 15.1 Å². The van der Waals surface area contributed by atoms with Crippen molar-refractivity contribution in [3.8, 4) is 11.5 Å². The third-order valence-corrected chi connectivity index (χ3v) is 5.83. The van der Waals surface area contributed by atoms with Crippen LogP contribution in [-0.2, 0) is 11.3 Å². The van der Waals surface area contributed by atoms with Gasteiger partial charge in [0.2, 0.25) is 5.95 Å². The molecule has 0 saturated carbocycles. The molecule has 2 aromatic rings. The Morgan fingerprint density at radius 1 is 1.30 bits per heavy atom. The first-order valence-electron chi connectivity index (χ1n) is 9.92. The number of thioether (sulfide) groups is 1. The molecule has 1 fully saturated rings. The Hall–Kier alpha value is -2.30. The van der Waals surface area contributed by atoms with E-state index >= 15 is 0 Å². The predicted molar refractivity (Wildman–Crippen MR) is 114 cm³/mol. The normalized spacial score (nSPS) is 15.1. The van der Waals surface area contributed by atoms with E-state index in [4.69, 9.17) is 14.2 Å². The molecule has 0 bridgehead atoms. The average molecular weight is 437 g/mol. The Balaban J connectivity index is 1.55. The second-order valence-corrected chi connectivity index (χ2v) is 7.81. The molecule has 1 aliphatic rings. The fraction of sp³-hybridized carbons (Fsp3) is 0.550. The number of Topliss-reactive ketones (excluding diaryl/α,β-unsaturated/α-hetero) is 1. The number of anilines is 1. The quantitative estimate of drug-likeness (QED) is 0.442. The first-order valence-corrected chi connectivity index (χ1v) is 10.9. The average Bonchev–Trinajstić information content (AvgIpc) is 3.19. The van der Waals surface area contributed by atoms with Crippen LogP contribution in [0.15, 0.2) is 23.4 Å². The number of nitrogens with zero attached hydrogens (tertiary/aromatic N) is 4. The van der Waals surface area contributed by atoms with Crippen LogP contribution in [0.25, 0.3) is 0 Å². The number of ether oxygens (including phenoxy) is 3. The van der Waals surface area contributed by atoms with Crippen LogP contribution >= 0.6 is 11.8 Å². The summed E-state index contributed by atoms with van der Waals surface area (Å²) >= 11 is 1.44. The molecule has 0 spiro atoms. The van der Waals surface area contributed by atoms with E-state index in [-0.39, 0.29) is 12.4 Å². The zero-order valence-corrected chi connectivity index (χ0v) is 18.4. The molecule has 0 radical (unpaired) electrons. The molecule has 30 heavy (non-hydrogen) atoms. The highest BCUT2D eigenvalue weighted by atomic mass is 32.2. The zero-order valence-electron chi connectivity index (χ0n) is 17.5. The van der Waals surface area contributed by atoms with E-state index in [1.54, 1.807) is 18.2 Å². The molecule has 1 saturated heterocycles. The van der Waals surface area contributed by atoms with Crippen molar-refractivity contribution in [1.29, 1.82) is 0 Å². The third-order valence-electron chi connectivity index (χ3n) is 4.71. The zero-order chi connectivity index (χ0) is 21.5. The van der Waals surface area contributed by atoms with Gasteiger partial charge in [0.25, 0.3) is 0 Å². The number of morpholine rings is 1. The molecule has 0 amide bonds. The van der Waals surface area contributed by atoms with Gasteiger partial charge in [0.15, 0.2) is 22.4 Å². The van der Waals surface area contributed by atoms with Crippen LogP contribution in [0.1, 0.15) is 24.2 Å². The second-order valence-electron chi connectivity index (χ2n) is 6.82. The molecule has 2 heterocycles.